The monoisotopic (exact) mass is 1150 g/mol. The van der Waals surface area contributed by atoms with Crippen LogP contribution in [0.4, 0.5) is 14.5 Å². The molecule has 1 saturated heterocycles. The number of esters is 1. The average Bonchev–Trinajstić information content (AvgIpc) is 4.07. The molecule has 2 aromatic carbocycles. The number of aromatic nitrogens is 2. The van der Waals surface area contributed by atoms with Gasteiger partial charge in [0.2, 0.25) is 0 Å². The molecule has 10 N–H and O–H groups in total. The number of likely N-dealkylation sites (tertiary alicyclic amines) is 1. The minimum atomic E-state index is -1.58. The number of hydrogen-bond donors (Lipinski definition) is 7. The van der Waals surface area contributed by atoms with E-state index in [1.165, 1.54) is 92.7 Å². The number of unbranched alkanes of at least 4 members (excludes halogenated alkanes) is 9. The quantitative estimate of drug-likeness (QED) is 0.0108. The molecule has 16 heteroatoms. The number of aliphatic hydroxyl groups excluding tert-OH is 1. The molecule has 0 spiro atoms. The number of benzene rings is 2. The largest absolute Gasteiger partial charge is 0.458 e. The molecule has 0 amide bonds. The Kier molecular flexibility index (Phi) is 33.8. The predicted octanol–water partition coefficient (Wildman–Crippen LogP) is 12.6. The van der Waals surface area contributed by atoms with Gasteiger partial charge in [0.15, 0.2) is 6.10 Å². The number of carbonyl (C=O) groups excluding carboxylic acids is 1. The zero-order chi connectivity index (χ0) is 61.9. The van der Waals surface area contributed by atoms with E-state index in [-0.39, 0.29) is 43.1 Å². The fourth-order valence-corrected chi connectivity index (χ4v) is 9.29. The van der Waals surface area contributed by atoms with Crippen LogP contribution in [-0.2, 0) is 29.2 Å². The van der Waals surface area contributed by atoms with Crippen molar-refractivity contribution in [1.82, 2.24) is 35.3 Å². The van der Waals surface area contributed by atoms with Gasteiger partial charge in [-0.2, -0.15) is 0 Å². The number of alkyl halides is 1. The summed E-state index contributed by atoms with van der Waals surface area (Å²) in [4.78, 5) is 34.3. The van der Waals surface area contributed by atoms with Gasteiger partial charge < -0.3 is 52.5 Å². The highest BCUT2D eigenvalue weighted by molar-refractivity contribution is 5.90. The van der Waals surface area contributed by atoms with Crippen molar-refractivity contribution in [2.75, 3.05) is 52.0 Å². The van der Waals surface area contributed by atoms with Gasteiger partial charge in [-0.3, -0.25) is 9.69 Å². The van der Waals surface area contributed by atoms with Crippen LogP contribution in [0.3, 0.4) is 0 Å². The number of fused-ring (bicyclic) bond motifs is 5. The number of nitrogens with one attached hydrogen (secondary N) is 3. The molecular weight excluding hydrogens is 1050 g/mol. The van der Waals surface area contributed by atoms with E-state index in [1.807, 2.05) is 56.0 Å². The van der Waals surface area contributed by atoms with Gasteiger partial charge in [-0.25, -0.2) is 18.6 Å². The Bertz CT molecular complexity index is 2800. The van der Waals surface area contributed by atoms with Crippen LogP contribution < -0.4 is 38.7 Å². The second kappa shape index (κ2) is 39.1. The number of hydrogen-bond acceptors (Lipinski definition) is 13. The van der Waals surface area contributed by atoms with Crippen molar-refractivity contribution in [3.8, 4) is 11.4 Å². The fraction of sp³-hybridized carbons (Fsp3) is 0.448. The Morgan fingerprint density at radius 2 is 1.53 bits per heavy atom. The Morgan fingerprint density at radius 3 is 2.08 bits per heavy atom. The maximum Gasteiger partial charge on any atom is 0.340 e. The molecule has 1 atom stereocenters. The predicted molar refractivity (Wildman–Crippen MR) is 344 cm³/mol. The lowest BCUT2D eigenvalue weighted by molar-refractivity contribution is -0.157. The lowest BCUT2D eigenvalue weighted by Crippen LogP contribution is -2.58. The number of anilines is 1. The number of aliphatic hydroxyl groups is 1. The number of pyridine rings is 2. The Hall–Kier alpha value is -7.43. The normalized spacial score (nSPS) is 13.8. The zero-order valence-corrected chi connectivity index (χ0v) is 51.0. The minimum Gasteiger partial charge on any atom is -0.458 e. The van der Waals surface area contributed by atoms with E-state index in [2.05, 4.69) is 106 Å². The molecule has 1 fully saturated rings. The van der Waals surface area contributed by atoms with Crippen molar-refractivity contribution in [1.29, 1.82) is 0 Å². The number of rotatable bonds is 28. The van der Waals surface area contributed by atoms with Gasteiger partial charge in [0.05, 0.1) is 47.8 Å². The molecule has 83 heavy (non-hydrogen) atoms. The highest BCUT2D eigenvalue weighted by Gasteiger charge is 2.43. The van der Waals surface area contributed by atoms with Crippen molar-refractivity contribution in [3.05, 3.63) is 192 Å². The van der Waals surface area contributed by atoms with Gasteiger partial charge >= 0.3 is 5.97 Å². The van der Waals surface area contributed by atoms with E-state index in [0.29, 0.717) is 67.0 Å². The first-order valence-electron chi connectivity index (χ1n) is 29.4. The molecule has 7 rings (SSSR count). The number of ether oxygens (including phenoxy) is 1. The zero-order valence-electron chi connectivity index (χ0n) is 51.0. The van der Waals surface area contributed by atoms with Gasteiger partial charge in [-0.05, 0) is 68.8 Å². The third kappa shape index (κ3) is 24.5. The molecule has 456 valence electrons. The Balaban J connectivity index is 0.000000495. The molecule has 0 aliphatic carbocycles. The van der Waals surface area contributed by atoms with E-state index >= 15 is 4.39 Å². The summed E-state index contributed by atoms with van der Waals surface area (Å²) in [5.41, 5.74) is 21.9. The van der Waals surface area contributed by atoms with Crippen LogP contribution in [0.2, 0.25) is 0 Å². The maximum absolute atomic E-state index is 15.6. The number of likely N-dealkylation sites (N-methyl/N-ethyl adjacent to an activating group) is 1. The first kappa shape index (κ1) is 71.7. The van der Waals surface area contributed by atoms with Crippen LogP contribution in [0.1, 0.15) is 145 Å². The summed E-state index contributed by atoms with van der Waals surface area (Å²) in [6, 6.07) is 14.6. The van der Waals surface area contributed by atoms with Gasteiger partial charge in [-0.1, -0.05) is 180 Å². The molecule has 3 aliphatic rings. The highest BCUT2D eigenvalue weighted by atomic mass is 19.1. The standard InChI is InChI=1S/C32H36F2N6O4.C19H35N.C7H8.C5H10N2.C2H5N.C2H6/c1-4-17(2)37-11-18(3)36-7-5-6-32(34)15-39(16-32)12-21-19-8-25(35)24(33)10-26(19)38-28-22(21)13-40-27(28)9-20-23(30(40)42)14-44-31(43)29(20)41;1-5-7-9-10-11-12-13-14-15-16-18-20(4)19(3)17-8-6-2;1-7-5-3-2-4-6-7;1-3-7-4-5(2)6;1-2-3;1-2/h8-10,29,36-37,41H,2-7,11-16,35H2,1H3;6,8,17H,2-3,5,7,9-16,18H2,1,4H3;2-6H,1H3;3,7H,1-2,4,6H2;2H,1,3H2;1-2H3/b;17-8-;;;;. The van der Waals surface area contributed by atoms with Crippen molar-refractivity contribution in [3.63, 3.8) is 0 Å². The minimum absolute atomic E-state index is 0.0332. The van der Waals surface area contributed by atoms with Crippen LogP contribution >= 0.6 is 0 Å². The molecule has 14 nitrogen and oxygen atoms in total. The summed E-state index contributed by atoms with van der Waals surface area (Å²) < 4.78 is 36.7. The van der Waals surface area contributed by atoms with E-state index in [1.54, 1.807) is 18.3 Å². The van der Waals surface area contributed by atoms with Gasteiger partial charge in [0.1, 0.15) is 18.1 Å². The Labute approximate surface area is 495 Å². The van der Waals surface area contributed by atoms with E-state index in [4.69, 9.17) is 21.2 Å². The molecule has 0 bridgehead atoms. The number of nitrogens with zero attached hydrogens (tertiary/aromatic N) is 4. The van der Waals surface area contributed by atoms with Gasteiger partial charge in [0, 0.05) is 85.1 Å². The van der Waals surface area contributed by atoms with Crippen LogP contribution in [0, 0.1) is 12.7 Å². The first-order valence-corrected chi connectivity index (χ1v) is 29.4. The van der Waals surface area contributed by atoms with Crippen LogP contribution in [0.25, 0.3) is 22.3 Å². The SMILES string of the molecule is C=C(CC)NCC(=C)NCCCC1(F)CN(Cc2c3c(nc4cc(F)c(N)cc24)-c2cc4c(c(=O)n2C3)COC(=O)C4O)C1.C=C/C=C\C(=C)N(C)CCCCCCCCCCCC.C=CN.C=CNCC(=C)N.CC.Cc1ccccc1. The summed E-state index contributed by atoms with van der Waals surface area (Å²) in [6.45, 7) is 39.7. The summed E-state index contributed by atoms with van der Waals surface area (Å²) in [5, 5.41) is 20.3. The lowest BCUT2D eigenvalue weighted by atomic mass is 9.89. The second-order valence-electron chi connectivity index (χ2n) is 20.7. The summed E-state index contributed by atoms with van der Waals surface area (Å²) >= 11 is 0. The lowest BCUT2D eigenvalue weighted by Gasteiger charge is -2.45. The van der Waals surface area contributed by atoms with Crippen molar-refractivity contribution in [2.24, 2.45) is 11.5 Å². The smallest absolute Gasteiger partial charge is 0.340 e. The maximum atomic E-state index is 15.6. The van der Waals surface area contributed by atoms with Crippen LogP contribution in [0.15, 0.2) is 153 Å². The first-order chi connectivity index (χ1) is 39.8. The molecule has 0 radical (unpaired) electrons. The number of carbonyl (C=O) groups is 1. The molecule has 2 aromatic heterocycles. The van der Waals surface area contributed by atoms with E-state index in [9.17, 15) is 19.1 Å². The van der Waals surface area contributed by atoms with Gasteiger partial charge in [-0.15, -0.1) is 0 Å². The van der Waals surface area contributed by atoms with E-state index < -0.39 is 29.1 Å². The molecule has 0 saturated carbocycles. The fourth-order valence-electron chi connectivity index (χ4n) is 9.29. The molecule has 1 unspecified atom stereocenters. The number of aryl methyl sites for hydroxylation is 1. The number of halogens is 2. The number of allylic oxidation sites excluding steroid dienone is 4. The molecule has 4 aromatic rings. The van der Waals surface area contributed by atoms with Crippen molar-refractivity contribution in [2.45, 2.75) is 150 Å². The molecule has 5 heterocycles. The van der Waals surface area contributed by atoms with Crippen LogP contribution in [0.5, 0.6) is 0 Å². The topological polar surface area (TPSA) is 202 Å². The van der Waals surface area contributed by atoms with E-state index in [0.717, 1.165) is 41.2 Å². The van der Waals surface area contributed by atoms with Crippen molar-refractivity contribution >= 4 is 22.6 Å². The third-order valence-electron chi connectivity index (χ3n) is 13.9. The summed E-state index contributed by atoms with van der Waals surface area (Å²) in [7, 11) is 2.11. The average molecular weight is 1150 g/mol. The number of nitrogens with two attached hydrogens (primary N) is 3. The highest BCUT2D eigenvalue weighted by Crippen LogP contribution is 2.41. The van der Waals surface area contributed by atoms with Crippen molar-refractivity contribution < 1.29 is 23.4 Å². The number of nitrogen functional groups attached to an aromatic ring is 1. The second-order valence-corrected chi connectivity index (χ2v) is 20.7. The Morgan fingerprint density at radius 1 is 0.904 bits per heavy atom. The number of cyclic esters (lactones) is 1. The van der Waals surface area contributed by atoms with Gasteiger partial charge in [0.25, 0.3) is 5.56 Å². The molecule has 3 aliphatic heterocycles. The summed E-state index contributed by atoms with van der Waals surface area (Å²) in [6.07, 6.45) is 22.8. The van der Waals surface area contributed by atoms with Crippen LogP contribution in [-0.4, -0.2) is 82.4 Å². The molecular formula is C67H100F2N10O4. The summed E-state index contributed by atoms with van der Waals surface area (Å²) in [5.74, 6) is -1.45. The third-order valence-corrected chi connectivity index (χ3v) is 13.9.